The molecular weight excluding hydrogens is 324 g/mol. The Morgan fingerprint density at radius 1 is 1.42 bits per heavy atom. The smallest absolute Gasteiger partial charge is 0.357 e. The number of para-hydroxylation sites is 2. The lowest BCUT2D eigenvalue weighted by atomic mass is 10.2. The van der Waals surface area contributed by atoms with Crippen molar-refractivity contribution in [1.82, 2.24) is 15.0 Å². The van der Waals surface area contributed by atoms with Crippen LogP contribution in [0.3, 0.4) is 0 Å². The number of hydrogen-bond donors (Lipinski definition) is 1. The number of aromatic amines is 1. The summed E-state index contributed by atoms with van der Waals surface area (Å²) < 4.78 is 5.03. The normalized spacial score (nSPS) is 17.5. The molecule has 0 bridgehead atoms. The molecule has 1 atom stereocenters. The zero-order valence-corrected chi connectivity index (χ0v) is 14.2. The van der Waals surface area contributed by atoms with E-state index in [1.54, 1.807) is 12.3 Å². The van der Waals surface area contributed by atoms with Gasteiger partial charge >= 0.3 is 5.97 Å². The molecule has 1 unspecified atom stereocenters. The summed E-state index contributed by atoms with van der Waals surface area (Å²) in [6, 6.07) is 8.17. The minimum absolute atomic E-state index is 0.152. The van der Waals surface area contributed by atoms with Crippen molar-refractivity contribution >= 4 is 34.3 Å². The molecule has 124 valence electrons. The van der Waals surface area contributed by atoms with Crippen LogP contribution in [-0.2, 0) is 4.74 Å². The van der Waals surface area contributed by atoms with Crippen molar-refractivity contribution in [2.75, 3.05) is 18.1 Å². The molecule has 1 fully saturated rings. The summed E-state index contributed by atoms with van der Waals surface area (Å²) in [6.07, 6.45) is 2.09. The molecule has 3 heterocycles. The monoisotopic (exact) mass is 342 g/mol. The fraction of sp³-hybridized carbons (Fsp3) is 0.353. The Morgan fingerprint density at radius 2 is 2.29 bits per heavy atom. The zero-order chi connectivity index (χ0) is 16.5. The molecule has 3 aromatic rings. The molecule has 0 amide bonds. The second-order valence-electron chi connectivity index (χ2n) is 5.72. The molecule has 24 heavy (non-hydrogen) atoms. The van der Waals surface area contributed by atoms with Crippen LogP contribution in [0.1, 0.15) is 41.3 Å². The third-order valence-electron chi connectivity index (χ3n) is 4.19. The maximum atomic E-state index is 11.8. The van der Waals surface area contributed by atoms with E-state index in [1.165, 1.54) is 11.3 Å². The fourth-order valence-corrected chi connectivity index (χ4v) is 4.03. The van der Waals surface area contributed by atoms with Crippen molar-refractivity contribution in [2.24, 2.45) is 0 Å². The van der Waals surface area contributed by atoms with Gasteiger partial charge in [0.1, 0.15) is 5.01 Å². The molecule has 0 radical (unpaired) electrons. The number of thiazole rings is 1. The number of carbonyl (C=O) groups excluding carboxylic acids is 1. The number of anilines is 1. The molecular formula is C17H18N4O2S. The summed E-state index contributed by atoms with van der Waals surface area (Å²) in [5.41, 5.74) is 2.39. The van der Waals surface area contributed by atoms with Crippen molar-refractivity contribution in [1.29, 1.82) is 0 Å². The Hall–Kier alpha value is -2.41. The van der Waals surface area contributed by atoms with Crippen LogP contribution in [-0.4, -0.2) is 34.1 Å². The van der Waals surface area contributed by atoms with E-state index in [4.69, 9.17) is 9.72 Å². The van der Waals surface area contributed by atoms with Gasteiger partial charge in [-0.15, -0.1) is 11.3 Å². The molecule has 0 aliphatic carbocycles. The van der Waals surface area contributed by atoms with Gasteiger partial charge in [0.2, 0.25) is 5.95 Å². The van der Waals surface area contributed by atoms with E-state index >= 15 is 0 Å². The fourth-order valence-electron chi connectivity index (χ4n) is 3.09. The quantitative estimate of drug-likeness (QED) is 0.734. The highest BCUT2D eigenvalue weighted by atomic mass is 32.1. The summed E-state index contributed by atoms with van der Waals surface area (Å²) in [6.45, 7) is 3.09. The summed E-state index contributed by atoms with van der Waals surface area (Å²) in [5.74, 6) is 0.514. The van der Waals surface area contributed by atoms with E-state index in [2.05, 4.69) is 14.9 Å². The first kappa shape index (κ1) is 15.1. The highest BCUT2D eigenvalue weighted by Gasteiger charge is 2.31. The predicted octanol–water partition coefficient (Wildman–Crippen LogP) is 3.54. The van der Waals surface area contributed by atoms with E-state index < -0.39 is 0 Å². The average Bonchev–Trinajstić information content (AvgIpc) is 3.32. The van der Waals surface area contributed by atoms with Gasteiger partial charge in [-0.2, -0.15) is 0 Å². The Bertz CT molecular complexity index is 839. The van der Waals surface area contributed by atoms with Gasteiger partial charge in [-0.25, -0.2) is 14.8 Å². The van der Waals surface area contributed by atoms with E-state index in [-0.39, 0.29) is 12.0 Å². The lowest BCUT2D eigenvalue weighted by Gasteiger charge is -2.22. The van der Waals surface area contributed by atoms with Crippen molar-refractivity contribution in [3.63, 3.8) is 0 Å². The van der Waals surface area contributed by atoms with E-state index in [9.17, 15) is 4.79 Å². The number of carbonyl (C=O) groups is 1. The average molecular weight is 342 g/mol. The van der Waals surface area contributed by atoms with Crippen LogP contribution in [0.15, 0.2) is 29.6 Å². The largest absolute Gasteiger partial charge is 0.461 e. The van der Waals surface area contributed by atoms with Crippen LogP contribution in [0.5, 0.6) is 0 Å². The molecule has 1 aliphatic heterocycles. The minimum atomic E-state index is -0.353. The summed E-state index contributed by atoms with van der Waals surface area (Å²) in [4.78, 5) is 26.7. The SMILES string of the molecule is CCOC(=O)c1csc(C2CCCN2c2nc3ccccc3[nH]2)n1. The molecule has 1 N–H and O–H groups in total. The van der Waals surface area contributed by atoms with E-state index in [1.807, 2.05) is 24.3 Å². The van der Waals surface area contributed by atoms with Gasteiger partial charge in [0, 0.05) is 11.9 Å². The third-order valence-corrected chi connectivity index (χ3v) is 5.14. The molecule has 4 rings (SSSR count). The highest BCUT2D eigenvalue weighted by Crippen LogP contribution is 2.36. The van der Waals surface area contributed by atoms with Crippen LogP contribution in [0.2, 0.25) is 0 Å². The highest BCUT2D eigenvalue weighted by molar-refractivity contribution is 7.10. The van der Waals surface area contributed by atoms with Crippen molar-refractivity contribution < 1.29 is 9.53 Å². The van der Waals surface area contributed by atoms with Gasteiger partial charge in [-0.1, -0.05) is 12.1 Å². The standard InChI is InChI=1S/C17H18N4O2S/c1-2-23-16(22)13-10-24-15(18-13)14-8-5-9-21(14)17-19-11-6-3-4-7-12(11)20-17/h3-4,6-7,10,14H,2,5,8-9H2,1H3,(H,19,20). The molecule has 6 nitrogen and oxygen atoms in total. The number of imidazole rings is 1. The van der Waals surface area contributed by atoms with Crippen molar-refractivity contribution in [3.05, 3.63) is 40.3 Å². The lowest BCUT2D eigenvalue weighted by Crippen LogP contribution is -2.23. The second kappa shape index (κ2) is 6.24. The van der Waals surface area contributed by atoms with Gasteiger partial charge in [0.05, 0.1) is 23.7 Å². The second-order valence-corrected chi connectivity index (χ2v) is 6.61. The first-order valence-electron chi connectivity index (χ1n) is 8.10. The molecule has 2 aromatic heterocycles. The zero-order valence-electron chi connectivity index (χ0n) is 13.4. The molecule has 0 spiro atoms. The molecule has 1 aromatic carbocycles. The molecule has 1 saturated heterocycles. The molecule has 7 heteroatoms. The number of benzene rings is 1. The number of nitrogens with zero attached hydrogens (tertiary/aromatic N) is 3. The molecule has 1 aliphatic rings. The van der Waals surface area contributed by atoms with Crippen LogP contribution >= 0.6 is 11.3 Å². The minimum Gasteiger partial charge on any atom is -0.461 e. The summed E-state index contributed by atoms with van der Waals surface area (Å²) in [7, 11) is 0. The Balaban J connectivity index is 1.62. The van der Waals surface area contributed by atoms with Crippen molar-refractivity contribution in [3.8, 4) is 0 Å². The maximum Gasteiger partial charge on any atom is 0.357 e. The predicted molar refractivity (Wildman–Crippen MR) is 93.5 cm³/mol. The lowest BCUT2D eigenvalue weighted by molar-refractivity contribution is 0.0520. The maximum absolute atomic E-state index is 11.8. The van der Waals surface area contributed by atoms with Gasteiger partial charge in [0.15, 0.2) is 5.69 Å². The topological polar surface area (TPSA) is 71.1 Å². The van der Waals surface area contributed by atoms with Crippen LogP contribution in [0.25, 0.3) is 11.0 Å². The van der Waals surface area contributed by atoms with Crippen LogP contribution in [0.4, 0.5) is 5.95 Å². The first-order chi connectivity index (χ1) is 11.8. The Labute approximate surface area is 143 Å². The summed E-state index contributed by atoms with van der Waals surface area (Å²) in [5, 5.41) is 2.72. The van der Waals surface area contributed by atoms with Gasteiger partial charge in [-0.3, -0.25) is 0 Å². The van der Waals surface area contributed by atoms with Crippen LogP contribution in [0, 0.1) is 0 Å². The van der Waals surface area contributed by atoms with Crippen molar-refractivity contribution in [2.45, 2.75) is 25.8 Å². The van der Waals surface area contributed by atoms with E-state index in [0.717, 1.165) is 41.4 Å². The number of esters is 1. The number of fused-ring (bicyclic) bond motifs is 1. The molecule has 0 saturated carbocycles. The Morgan fingerprint density at radius 3 is 3.12 bits per heavy atom. The van der Waals surface area contributed by atoms with Gasteiger partial charge < -0.3 is 14.6 Å². The number of hydrogen-bond acceptors (Lipinski definition) is 6. The van der Waals surface area contributed by atoms with E-state index in [0.29, 0.717) is 12.3 Å². The number of ether oxygens (including phenoxy) is 1. The number of rotatable bonds is 4. The number of nitrogens with one attached hydrogen (secondary N) is 1. The van der Waals surface area contributed by atoms with Gasteiger partial charge in [-0.05, 0) is 31.9 Å². The number of H-pyrrole nitrogens is 1. The summed E-state index contributed by atoms with van der Waals surface area (Å²) >= 11 is 1.51. The third kappa shape index (κ3) is 2.65. The number of aromatic nitrogens is 3. The van der Waals surface area contributed by atoms with Gasteiger partial charge in [0.25, 0.3) is 0 Å². The van der Waals surface area contributed by atoms with Crippen LogP contribution < -0.4 is 4.90 Å². The first-order valence-corrected chi connectivity index (χ1v) is 8.98. The Kier molecular flexibility index (Phi) is 3.93.